The highest BCUT2D eigenvalue weighted by molar-refractivity contribution is 7.92. The van der Waals surface area contributed by atoms with Gasteiger partial charge >= 0.3 is 0 Å². The van der Waals surface area contributed by atoms with Gasteiger partial charge in [0.2, 0.25) is 10.0 Å². The maximum atomic E-state index is 12.8. The fourth-order valence-electron chi connectivity index (χ4n) is 2.41. The zero-order valence-corrected chi connectivity index (χ0v) is 18.3. The molecule has 6 nitrogen and oxygen atoms in total. The van der Waals surface area contributed by atoms with Gasteiger partial charge in [-0.1, -0.05) is 23.7 Å². The molecule has 0 aromatic heterocycles. The second-order valence-electron chi connectivity index (χ2n) is 6.50. The Labute approximate surface area is 172 Å². The van der Waals surface area contributed by atoms with E-state index < -0.39 is 15.3 Å². The van der Waals surface area contributed by atoms with E-state index in [1.807, 2.05) is 25.8 Å². The molecule has 0 aliphatic heterocycles. The van der Waals surface area contributed by atoms with Crippen LogP contribution in [0.2, 0.25) is 5.02 Å². The SMILES string of the molecule is CCN(C)/C=N\c1cc(C)c(NS(=O)(=O)C(C)c2ccc(OC)cc2)cc1Cl. The minimum Gasteiger partial charge on any atom is -0.497 e. The lowest BCUT2D eigenvalue weighted by atomic mass is 10.2. The molecule has 0 bridgehead atoms. The van der Waals surface area contributed by atoms with Crippen molar-refractivity contribution in [2.24, 2.45) is 4.99 Å². The maximum absolute atomic E-state index is 12.8. The van der Waals surface area contributed by atoms with Crippen LogP contribution in [0.15, 0.2) is 41.4 Å². The Morgan fingerprint density at radius 2 is 1.93 bits per heavy atom. The van der Waals surface area contributed by atoms with Gasteiger partial charge in [-0.25, -0.2) is 13.4 Å². The third-order valence-electron chi connectivity index (χ3n) is 4.49. The number of aryl methyl sites for hydroxylation is 1. The van der Waals surface area contributed by atoms with Gasteiger partial charge in [0.15, 0.2) is 0 Å². The van der Waals surface area contributed by atoms with Gasteiger partial charge in [0.05, 0.1) is 29.8 Å². The summed E-state index contributed by atoms with van der Waals surface area (Å²) in [6.45, 7) is 6.29. The van der Waals surface area contributed by atoms with E-state index in [9.17, 15) is 8.42 Å². The van der Waals surface area contributed by atoms with Gasteiger partial charge in [0.1, 0.15) is 11.0 Å². The molecule has 0 spiro atoms. The molecule has 2 rings (SSSR count). The van der Waals surface area contributed by atoms with Gasteiger partial charge in [-0.15, -0.1) is 0 Å². The van der Waals surface area contributed by atoms with Crippen LogP contribution in [0.3, 0.4) is 0 Å². The van der Waals surface area contributed by atoms with Crippen LogP contribution < -0.4 is 9.46 Å². The first-order chi connectivity index (χ1) is 13.2. The van der Waals surface area contributed by atoms with Gasteiger partial charge in [-0.3, -0.25) is 4.72 Å². The van der Waals surface area contributed by atoms with Crippen LogP contribution in [0.5, 0.6) is 5.75 Å². The van der Waals surface area contributed by atoms with Crippen LogP contribution >= 0.6 is 11.6 Å². The number of nitrogens with one attached hydrogen (secondary N) is 1. The van der Waals surface area contributed by atoms with Gasteiger partial charge in [0.25, 0.3) is 0 Å². The van der Waals surface area contributed by atoms with Crippen molar-refractivity contribution in [3.8, 4) is 5.75 Å². The lowest BCUT2D eigenvalue weighted by molar-refractivity contribution is 0.414. The summed E-state index contributed by atoms with van der Waals surface area (Å²) < 4.78 is 33.4. The van der Waals surface area contributed by atoms with Gasteiger partial charge in [0, 0.05) is 13.6 Å². The average molecular weight is 424 g/mol. The molecule has 1 unspecified atom stereocenters. The molecule has 152 valence electrons. The first kappa shape index (κ1) is 22.0. The third kappa shape index (κ3) is 5.39. The Morgan fingerprint density at radius 1 is 1.29 bits per heavy atom. The minimum absolute atomic E-state index is 0.376. The van der Waals surface area contributed by atoms with E-state index >= 15 is 0 Å². The summed E-state index contributed by atoms with van der Waals surface area (Å²) in [5.41, 5.74) is 2.43. The summed E-state index contributed by atoms with van der Waals surface area (Å²) in [7, 11) is -0.187. The molecule has 2 aromatic rings. The Hall–Kier alpha value is -2.25. The number of nitrogens with zero attached hydrogens (tertiary/aromatic N) is 2. The van der Waals surface area contributed by atoms with Crippen LogP contribution in [-0.2, 0) is 10.0 Å². The molecule has 0 heterocycles. The molecule has 1 N–H and O–H groups in total. The predicted molar refractivity (Wildman–Crippen MR) is 117 cm³/mol. The van der Waals surface area contributed by atoms with Crippen molar-refractivity contribution < 1.29 is 13.2 Å². The van der Waals surface area contributed by atoms with Crippen molar-refractivity contribution in [3.63, 3.8) is 0 Å². The van der Waals surface area contributed by atoms with E-state index in [0.29, 0.717) is 27.7 Å². The Morgan fingerprint density at radius 3 is 2.50 bits per heavy atom. The smallest absolute Gasteiger partial charge is 0.239 e. The normalized spacial score (nSPS) is 12.8. The second kappa shape index (κ2) is 9.30. The van der Waals surface area contributed by atoms with Crippen LogP contribution in [0.1, 0.15) is 30.2 Å². The molecule has 0 aliphatic carbocycles. The number of hydrogen-bond donors (Lipinski definition) is 1. The molecule has 0 aliphatic rings. The van der Waals surface area contributed by atoms with E-state index in [2.05, 4.69) is 9.71 Å². The summed E-state index contributed by atoms with van der Waals surface area (Å²) in [4.78, 5) is 6.27. The number of halogens is 1. The first-order valence-electron chi connectivity index (χ1n) is 8.88. The summed E-state index contributed by atoms with van der Waals surface area (Å²) in [6.07, 6.45) is 1.69. The average Bonchev–Trinajstić information content (AvgIpc) is 2.68. The number of aliphatic imine (C=N–C) groups is 1. The van der Waals surface area contributed by atoms with Crippen LogP contribution in [0.4, 0.5) is 11.4 Å². The highest BCUT2D eigenvalue weighted by atomic mass is 35.5. The molecule has 8 heteroatoms. The molecule has 0 saturated carbocycles. The number of rotatable bonds is 8. The fraction of sp³-hybridized carbons (Fsp3) is 0.350. The highest BCUT2D eigenvalue weighted by Crippen LogP contribution is 2.33. The summed E-state index contributed by atoms with van der Waals surface area (Å²) in [5, 5.41) is -0.367. The van der Waals surface area contributed by atoms with Crippen molar-refractivity contribution in [3.05, 3.63) is 52.5 Å². The number of methoxy groups -OCH3 is 1. The monoisotopic (exact) mass is 423 g/mol. The lowest BCUT2D eigenvalue weighted by Crippen LogP contribution is -2.19. The van der Waals surface area contributed by atoms with E-state index in [0.717, 1.165) is 12.1 Å². The van der Waals surface area contributed by atoms with E-state index in [1.54, 1.807) is 56.8 Å². The molecule has 1 atom stereocenters. The Bertz CT molecular complexity index is 944. The zero-order valence-electron chi connectivity index (χ0n) is 16.7. The second-order valence-corrected chi connectivity index (χ2v) is 8.91. The molecule has 0 saturated heterocycles. The molecule has 0 radical (unpaired) electrons. The molecule has 0 fully saturated rings. The number of sulfonamides is 1. The van der Waals surface area contributed by atoms with Gasteiger partial charge in [-0.2, -0.15) is 0 Å². The number of ether oxygens (including phenoxy) is 1. The molecule has 28 heavy (non-hydrogen) atoms. The molecular formula is C20H26ClN3O3S. The predicted octanol–water partition coefficient (Wildman–Crippen LogP) is 4.77. The topological polar surface area (TPSA) is 71.0 Å². The summed E-state index contributed by atoms with van der Waals surface area (Å²) in [6, 6.07) is 10.3. The molecule has 0 amide bonds. The van der Waals surface area contributed by atoms with E-state index in [4.69, 9.17) is 16.3 Å². The van der Waals surface area contributed by atoms with Crippen molar-refractivity contribution in [1.29, 1.82) is 0 Å². The number of hydrogen-bond acceptors (Lipinski definition) is 4. The summed E-state index contributed by atoms with van der Waals surface area (Å²) >= 11 is 6.31. The van der Waals surface area contributed by atoms with Crippen molar-refractivity contribution >= 4 is 39.3 Å². The Balaban J connectivity index is 2.25. The molecular weight excluding hydrogens is 398 g/mol. The zero-order chi connectivity index (χ0) is 20.9. The van der Waals surface area contributed by atoms with Crippen LogP contribution in [0.25, 0.3) is 0 Å². The Kier molecular flexibility index (Phi) is 7.32. The van der Waals surface area contributed by atoms with Crippen molar-refractivity contribution in [2.45, 2.75) is 26.0 Å². The maximum Gasteiger partial charge on any atom is 0.239 e. The number of benzene rings is 2. The summed E-state index contributed by atoms with van der Waals surface area (Å²) in [5.74, 6) is 0.675. The third-order valence-corrected chi connectivity index (χ3v) is 6.50. The lowest BCUT2D eigenvalue weighted by Gasteiger charge is -2.17. The fourth-order valence-corrected chi connectivity index (χ4v) is 3.84. The highest BCUT2D eigenvalue weighted by Gasteiger charge is 2.23. The van der Waals surface area contributed by atoms with Gasteiger partial charge in [-0.05, 0) is 56.2 Å². The molecule has 2 aromatic carbocycles. The minimum atomic E-state index is -3.66. The van der Waals surface area contributed by atoms with Crippen LogP contribution in [0, 0.1) is 6.92 Å². The van der Waals surface area contributed by atoms with Crippen LogP contribution in [-0.4, -0.2) is 40.4 Å². The van der Waals surface area contributed by atoms with E-state index in [1.165, 1.54) is 0 Å². The largest absolute Gasteiger partial charge is 0.497 e. The van der Waals surface area contributed by atoms with E-state index in [-0.39, 0.29) is 0 Å². The van der Waals surface area contributed by atoms with Gasteiger partial charge < -0.3 is 9.64 Å². The van der Waals surface area contributed by atoms with Crippen molar-refractivity contribution in [1.82, 2.24) is 4.90 Å². The standard InChI is InChI=1S/C20H26ClN3O3S/c1-6-24(4)13-22-20-11-14(2)19(12-18(20)21)23-28(25,26)15(3)16-7-9-17(27-5)10-8-16/h7-13,15,23H,6H2,1-5H3/b22-13-. The number of anilines is 1. The van der Waals surface area contributed by atoms with Crippen molar-refractivity contribution in [2.75, 3.05) is 25.4 Å². The quantitative estimate of drug-likeness (QED) is 0.490. The first-order valence-corrected chi connectivity index (χ1v) is 10.8.